The highest BCUT2D eigenvalue weighted by Gasteiger charge is 2.17. The smallest absolute Gasteiger partial charge is 0.142 e. The van der Waals surface area contributed by atoms with Crippen molar-refractivity contribution in [1.29, 1.82) is 5.26 Å². The minimum Gasteiger partial charge on any atom is -0.382 e. The number of hydrogen-bond donors (Lipinski definition) is 1. The van der Waals surface area contributed by atoms with Gasteiger partial charge in [0.05, 0.1) is 50.0 Å². The molecular formula is C19H12ClN5S. The van der Waals surface area contributed by atoms with Crippen molar-refractivity contribution >= 4 is 39.0 Å². The highest BCUT2D eigenvalue weighted by atomic mass is 35.5. The summed E-state index contributed by atoms with van der Waals surface area (Å²) in [5, 5.41) is 9.89. The molecule has 26 heavy (non-hydrogen) atoms. The Bertz CT molecular complexity index is 1190. The molecule has 126 valence electrons. The molecular weight excluding hydrogens is 366 g/mol. The Morgan fingerprint density at radius 1 is 1.19 bits per heavy atom. The van der Waals surface area contributed by atoms with E-state index in [9.17, 15) is 5.26 Å². The summed E-state index contributed by atoms with van der Waals surface area (Å²) in [7, 11) is 0. The number of rotatable bonds is 2. The van der Waals surface area contributed by atoms with E-state index in [0.29, 0.717) is 27.8 Å². The summed E-state index contributed by atoms with van der Waals surface area (Å²) in [6, 6.07) is 11.5. The number of benzene rings is 2. The minimum atomic E-state index is 0.315. The lowest BCUT2D eigenvalue weighted by molar-refractivity contribution is 1.21. The Kier molecular flexibility index (Phi) is 4.03. The van der Waals surface area contributed by atoms with Gasteiger partial charge in [0.2, 0.25) is 0 Å². The van der Waals surface area contributed by atoms with Crippen LogP contribution in [0.4, 0.5) is 5.82 Å². The lowest BCUT2D eigenvalue weighted by Crippen LogP contribution is -2.00. The molecule has 0 atom stereocenters. The highest BCUT2D eigenvalue weighted by Crippen LogP contribution is 2.36. The van der Waals surface area contributed by atoms with E-state index in [0.717, 1.165) is 26.9 Å². The van der Waals surface area contributed by atoms with Crippen LogP contribution in [0.25, 0.3) is 32.7 Å². The first-order valence-electron chi connectivity index (χ1n) is 7.74. The van der Waals surface area contributed by atoms with E-state index in [-0.39, 0.29) is 0 Å². The minimum absolute atomic E-state index is 0.315. The second-order valence-electron chi connectivity index (χ2n) is 5.74. The molecule has 0 fully saturated rings. The van der Waals surface area contributed by atoms with Crippen LogP contribution in [-0.2, 0) is 0 Å². The third-order valence-electron chi connectivity index (χ3n) is 4.16. The average Bonchev–Trinajstić information content (AvgIpc) is 3.11. The van der Waals surface area contributed by atoms with Gasteiger partial charge in [-0.15, -0.1) is 11.3 Å². The molecule has 4 rings (SSSR count). The van der Waals surface area contributed by atoms with E-state index in [2.05, 4.69) is 21.0 Å². The molecule has 2 heterocycles. The highest BCUT2D eigenvalue weighted by molar-refractivity contribution is 7.16. The maximum atomic E-state index is 9.33. The maximum absolute atomic E-state index is 9.33. The predicted octanol–water partition coefficient (Wildman–Crippen LogP) is 4.84. The molecule has 2 aromatic carbocycles. The lowest BCUT2D eigenvalue weighted by Gasteiger charge is -2.12. The van der Waals surface area contributed by atoms with Crippen LogP contribution >= 0.6 is 22.9 Å². The summed E-state index contributed by atoms with van der Waals surface area (Å²) >= 11 is 7.90. The summed E-state index contributed by atoms with van der Waals surface area (Å²) in [5.41, 5.74) is 12.8. The Balaban J connectivity index is 2.00. The molecule has 0 radical (unpaired) electrons. The van der Waals surface area contributed by atoms with Crippen LogP contribution in [0, 0.1) is 18.3 Å². The molecule has 7 heteroatoms. The SMILES string of the molecule is Cc1c(C#N)cccc1-c1nc(N)cnc1-c1cc(Cl)c2ncsc2c1. The van der Waals surface area contributed by atoms with Crippen molar-refractivity contribution in [1.82, 2.24) is 15.0 Å². The van der Waals surface area contributed by atoms with Crippen LogP contribution in [0.1, 0.15) is 11.1 Å². The number of nitrogen functional groups attached to an aromatic ring is 1. The van der Waals surface area contributed by atoms with Crippen molar-refractivity contribution in [3.63, 3.8) is 0 Å². The molecule has 2 N–H and O–H groups in total. The van der Waals surface area contributed by atoms with Crippen molar-refractivity contribution in [3.05, 3.63) is 58.2 Å². The number of anilines is 1. The second-order valence-corrected chi connectivity index (χ2v) is 7.03. The third-order valence-corrected chi connectivity index (χ3v) is 5.23. The molecule has 0 aliphatic heterocycles. The number of halogens is 1. The first-order valence-corrected chi connectivity index (χ1v) is 9.00. The van der Waals surface area contributed by atoms with Gasteiger partial charge >= 0.3 is 0 Å². The molecule has 0 aliphatic rings. The molecule has 5 nitrogen and oxygen atoms in total. The standard InChI is InChI=1S/C19H12ClN5S/c1-10-11(7-21)3-2-4-13(10)18-17(23-8-16(22)25-18)12-5-14(20)19-15(6-12)26-9-24-19/h2-6,8-9H,1H3,(H2,22,25). The zero-order chi connectivity index (χ0) is 18.3. The quantitative estimate of drug-likeness (QED) is 0.540. The molecule has 0 unspecified atom stereocenters. The summed E-state index contributed by atoms with van der Waals surface area (Å²) in [6.45, 7) is 1.89. The topological polar surface area (TPSA) is 88.5 Å². The monoisotopic (exact) mass is 377 g/mol. The van der Waals surface area contributed by atoms with Gasteiger partial charge in [0.15, 0.2) is 0 Å². The van der Waals surface area contributed by atoms with Crippen molar-refractivity contribution in [2.24, 2.45) is 0 Å². The van der Waals surface area contributed by atoms with Crippen LogP contribution in [0.2, 0.25) is 5.02 Å². The zero-order valence-electron chi connectivity index (χ0n) is 13.7. The van der Waals surface area contributed by atoms with Crippen molar-refractivity contribution < 1.29 is 0 Å². The predicted molar refractivity (Wildman–Crippen MR) is 105 cm³/mol. The molecule has 0 saturated carbocycles. The summed E-state index contributed by atoms with van der Waals surface area (Å²) in [6.07, 6.45) is 1.52. The third kappa shape index (κ3) is 2.68. The number of nitrogens with zero attached hydrogens (tertiary/aromatic N) is 4. The van der Waals surface area contributed by atoms with Gasteiger partial charge in [-0.3, -0.25) is 4.98 Å². The Morgan fingerprint density at radius 2 is 2.04 bits per heavy atom. The maximum Gasteiger partial charge on any atom is 0.142 e. The summed E-state index contributed by atoms with van der Waals surface area (Å²) in [4.78, 5) is 13.3. The first kappa shape index (κ1) is 16.5. The van der Waals surface area contributed by atoms with Gasteiger partial charge in [0.25, 0.3) is 0 Å². The van der Waals surface area contributed by atoms with Crippen molar-refractivity contribution in [2.45, 2.75) is 6.92 Å². The van der Waals surface area contributed by atoms with E-state index in [4.69, 9.17) is 17.3 Å². The second kappa shape index (κ2) is 6.37. The summed E-state index contributed by atoms with van der Waals surface area (Å²) in [5.74, 6) is 0.315. The fraction of sp³-hybridized carbons (Fsp3) is 0.0526. The number of aromatic nitrogens is 3. The Hall–Kier alpha value is -3.01. The Labute approximate surface area is 158 Å². The van der Waals surface area contributed by atoms with E-state index >= 15 is 0 Å². The van der Waals surface area contributed by atoms with Gasteiger partial charge in [0.1, 0.15) is 5.82 Å². The largest absolute Gasteiger partial charge is 0.382 e. The van der Waals surface area contributed by atoms with E-state index in [1.165, 1.54) is 17.5 Å². The van der Waals surface area contributed by atoms with E-state index < -0.39 is 0 Å². The molecule has 0 spiro atoms. The number of nitriles is 1. The van der Waals surface area contributed by atoms with Gasteiger partial charge in [-0.2, -0.15) is 5.26 Å². The van der Waals surface area contributed by atoms with E-state index in [1.807, 2.05) is 31.2 Å². The number of nitrogens with two attached hydrogens (primary N) is 1. The van der Waals surface area contributed by atoms with Gasteiger partial charge in [0, 0.05) is 11.1 Å². The molecule has 4 aromatic rings. The molecule has 0 saturated heterocycles. The van der Waals surface area contributed by atoms with Crippen LogP contribution in [-0.4, -0.2) is 15.0 Å². The van der Waals surface area contributed by atoms with Crippen molar-refractivity contribution in [3.8, 4) is 28.6 Å². The van der Waals surface area contributed by atoms with Crippen LogP contribution < -0.4 is 5.73 Å². The van der Waals surface area contributed by atoms with Gasteiger partial charge < -0.3 is 5.73 Å². The van der Waals surface area contributed by atoms with Crippen LogP contribution in [0.5, 0.6) is 0 Å². The number of hydrogen-bond acceptors (Lipinski definition) is 6. The van der Waals surface area contributed by atoms with E-state index in [1.54, 1.807) is 11.6 Å². The molecule has 0 bridgehead atoms. The first-order chi connectivity index (χ1) is 12.6. The average molecular weight is 378 g/mol. The normalized spacial score (nSPS) is 10.8. The van der Waals surface area contributed by atoms with Crippen LogP contribution in [0.15, 0.2) is 42.0 Å². The lowest BCUT2D eigenvalue weighted by atomic mass is 9.97. The fourth-order valence-corrected chi connectivity index (χ4v) is 3.94. The zero-order valence-corrected chi connectivity index (χ0v) is 15.3. The Morgan fingerprint density at radius 3 is 2.85 bits per heavy atom. The van der Waals surface area contributed by atoms with Crippen LogP contribution in [0.3, 0.4) is 0 Å². The van der Waals surface area contributed by atoms with Gasteiger partial charge in [-0.25, -0.2) is 9.97 Å². The number of thiazole rings is 1. The number of fused-ring (bicyclic) bond motifs is 1. The fourth-order valence-electron chi connectivity index (χ4n) is 2.88. The van der Waals surface area contributed by atoms with Crippen molar-refractivity contribution in [2.75, 3.05) is 5.73 Å². The molecule has 0 amide bonds. The van der Waals surface area contributed by atoms with Gasteiger partial charge in [-0.1, -0.05) is 23.7 Å². The summed E-state index contributed by atoms with van der Waals surface area (Å²) < 4.78 is 0.972. The molecule has 0 aliphatic carbocycles. The molecule has 2 aromatic heterocycles. The van der Waals surface area contributed by atoms with Gasteiger partial charge in [-0.05, 0) is 30.7 Å².